The number of fused-ring (bicyclic) bond motifs is 1. The maximum absolute atomic E-state index is 13.3. The molecule has 0 spiro atoms. The summed E-state index contributed by atoms with van der Waals surface area (Å²) in [5.41, 5.74) is 0.614. The third-order valence-corrected chi connectivity index (χ3v) is 4.75. The SMILES string of the molecule is O=C(CCCCNC(=O)COc1ccc(Cl)c(F)c1)NCc1nc2cc(F)c(F)cc2[nH]1. The molecule has 3 rings (SSSR count). The Balaban J connectivity index is 1.29. The largest absolute Gasteiger partial charge is 0.484 e. The van der Waals surface area contributed by atoms with Gasteiger partial charge >= 0.3 is 0 Å². The van der Waals surface area contributed by atoms with Crippen molar-refractivity contribution >= 4 is 34.4 Å². The third kappa shape index (κ3) is 6.61. The number of hydrogen-bond donors (Lipinski definition) is 3. The van der Waals surface area contributed by atoms with Crippen LogP contribution in [0, 0.1) is 17.5 Å². The van der Waals surface area contributed by atoms with Gasteiger partial charge in [0.15, 0.2) is 18.2 Å². The summed E-state index contributed by atoms with van der Waals surface area (Å²) in [4.78, 5) is 30.6. The van der Waals surface area contributed by atoms with Crippen molar-refractivity contribution in [2.75, 3.05) is 13.2 Å². The minimum absolute atomic E-state index is 0.0331. The van der Waals surface area contributed by atoms with Crippen LogP contribution in [0.1, 0.15) is 25.1 Å². The van der Waals surface area contributed by atoms with E-state index in [-0.39, 0.29) is 47.7 Å². The molecule has 0 radical (unpaired) electrons. The number of unbranched alkanes of at least 4 members (excludes halogenated alkanes) is 1. The predicted molar refractivity (Wildman–Crippen MR) is 112 cm³/mol. The second-order valence-electron chi connectivity index (χ2n) is 6.92. The van der Waals surface area contributed by atoms with E-state index < -0.39 is 17.5 Å². The zero-order chi connectivity index (χ0) is 23.1. The summed E-state index contributed by atoms with van der Waals surface area (Å²) in [7, 11) is 0. The summed E-state index contributed by atoms with van der Waals surface area (Å²) in [5.74, 6) is -2.62. The van der Waals surface area contributed by atoms with Gasteiger partial charge in [0.05, 0.1) is 22.6 Å². The fourth-order valence-electron chi connectivity index (χ4n) is 2.82. The first-order valence-electron chi connectivity index (χ1n) is 9.76. The molecule has 32 heavy (non-hydrogen) atoms. The van der Waals surface area contributed by atoms with Crippen molar-refractivity contribution in [3.8, 4) is 5.75 Å². The highest BCUT2D eigenvalue weighted by atomic mass is 35.5. The van der Waals surface area contributed by atoms with Crippen molar-refractivity contribution in [3.05, 3.63) is 58.6 Å². The number of halogens is 4. The lowest BCUT2D eigenvalue weighted by atomic mass is 10.2. The molecule has 7 nitrogen and oxygen atoms in total. The molecule has 1 aromatic heterocycles. The zero-order valence-corrected chi connectivity index (χ0v) is 17.6. The lowest BCUT2D eigenvalue weighted by Crippen LogP contribution is -2.30. The number of nitrogens with zero attached hydrogens (tertiary/aromatic N) is 1. The van der Waals surface area contributed by atoms with Crippen LogP contribution in [0.25, 0.3) is 11.0 Å². The number of rotatable bonds is 10. The van der Waals surface area contributed by atoms with E-state index >= 15 is 0 Å². The predicted octanol–water partition coefficient (Wildman–Crippen LogP) is 3.62. The fraction of sp³-hybridized carbons (Fsp3) is 0.286. The molecular formula is C21H20ClF3N4O3. The molecule has 0 saturated carbocycles. The van der Waals surface area contributed by atoms with Crippen molar-refractivity contribution in [2.24, 2.45) is 0 Å². The van der Waals surface area contributed by atoms with Gasteiger partial charge in [-0.15, -0.1) is 0 Å². The second kappa shape index (κ2) is 10.9. The molecule has 0 aliphatic heterocycles. The Bertz CT molecular complexity index is 1080. The van der Waals surface area contributed by atoms with Gasteiger partial charge in [0, 0.05) is 31.2 Å². The van der Waals surface area contributed by atoms with Crippen molar-refractivity contribution in [1.82, 2.24) is 20.6 Å². The van der Waals surface area contributed by atoms with E-state index in [2.05, 4.69) is 20.6 Å². The second-order valence-corrected chi connectivity index (χ2v) is 7.32. The van der Waals surface area contributed by atoms with Crippen LogP contribution < -0.4 is 15.4 Å². The Labute approximate surface area is 186 Å². The van der Waals surface area contributed by atoms with Gasteiger partial charge in [-0.3, -0.25) is 9.59 Å². The minimum atomic E-state index is -0.989. The van der Waals surface area contributed by atoms with Gasteiger partial charge in [0.1, 0.15) is 17.4 Å². The van der Waals surface area contributed by atoms with Gasteiger partial charge in [-0.25, -0.2) is 18.2 Å². The molecule has 2 aromatic carbocycles. The van der Waals surface area contributed by atoms with Crippen LogP contribution in [0.3, 0.4) is 0 Å². The van der Waals surface area contributed by atoms with Gasteiger partial charge in [-0.05, 0) is 25.0 Å². The number of H-pyrrole nitrogens is 1. The van der Waals surface area contributed by atoms with Crippen LogP contribution in [0.5, 0.6) is 5.75 Å². The summed E-state index contributed by atoms with van der Waals surface area (Å²) in [6.07, 6.45) is 1.34. The van der Waals surface area contributed by atoms with Crippen molar-refractivity contribution in [3.63, 3.8) is 0 Å². The van der Waals surface area contributed by atoms with E-state index in [1.807, 2.05) is 0 Å². The molecule has 3 aromatic rings. The molecule has 0 atom stereocenters. The van der Waals surface area contributed by atoms with Gasteiger partial charge in [0.2, 0.25) is 5.91 Å². The van der Waals surface area contributed by atoms with E-state index in [1.165, 1.54) is 12.1 Å². The number of imidazole rings is 1. The number of carbonyl (C=O) groups is 2. The summed E-state index contributed by atoms with van der Waals surface area (Å²) >= 11 is 5.57. The van der Waals surface area contributed by atoms with Gasteiger partial charge in [-0.2, -0.15) is 0 Å². The highest BCUT2D eigenvalue weighted by Crippen LogP contribution is 2.20. The van der Waals surface area contributed by atoms with E-state index in [1.54, 1.807) is 0 Å². The molecule has 170 valence electrons. The Morgan fingerprint density at radius 1 is 1.00 bits per heavy atom. The van der Waals surface area contributed by atoms with Crippen molar-refractivity contribution in [2.45, 2.75) is 25.8 Å². The quantitative estimate of drug-likeness (QED) is 0.396. The van der Waals surface area contributed by atoms with E-state index in [0.717, 1.165) is 18.2 Å². The lowest BCUT2D eigenvalue weighted by molar-refractivity contribution is -0.123. The number of ether oxygens (including phenoxy) is 1. The Morgan fingerprint density at radius 3 is 2.56 bits per heavy atom. The highest BCUT2D eigenvalue weighted by molar-refractivity contribution is 6.30. The average molecular weight is 469 g/mol. The minimum Gasteiger partial charge on any atom is -0.484 e. The van der Waals surface area contributed by atoms with Gasteiger partial charge in [-0.1, -0.05) is 11.6 Å². The standard InChI is InChI=1S/C21H20ClF3N4O3/c22-13-5-4-12(7-14(13)23)32-11-21(31)26-6-2-1-3-20(30)27-10-19-28-17-8-15(24)16(25)9-18(17)29-19/h4-5,7-9H,1-3,6,10-11H2,(H,26,31)(H,27,30)(H,28,29). The van der Waals surface area contributed by atoms with Crippen LogP contribution in [-0.4, -0.2) is 34.9 Å². The Hall–Kier alpha value is -3.27. The van der Waals surface area contributed by atoms with Crippen LogP contribution in [0.2, 0.25) is 5.02 Å². The molecular weight excluding hydrogens is 449 g/mol. The van der Waals surface area contributed by atoms with E-state index in [0.29, 0.717) is 30.7 Å². The number of benzene rings is 2. The highest BCUT2D eigenvalue weighted by Gasteiger charge is 2.10. The number of aromatic amines is 1. The maximum atomic E-state index is 13.3. The molecule has 11 heteroatoms. The smallest absolute Gasteiger partial charge is 0.257 e. The molecule has 0 bridgehead atoms. The summed E-state index contributed by atoms with van der Waals surface area (Å²) < 4.78 is 44.9. The van der Waals surface area contributed by atoms with Crippen LogP contribution >= 0.6 is 11.6 Å². The van der Waals surface area contributed by atoms with Crippen LogP contribution in [0.4, 0.5) is 13.2 Å². The molecule has 0 aliphatic carbocycles. The monoisotopic (exact) mass is 468 g/mol. The first kappa shape index (κ1) is 23.4. The number of aromatic nitrogens is 2. The molecule has 0 unspecified atom stereocenters. The molecule has 3 N–H and O–H groups in total. The maximum Gasteiger partial charge on any atom is 0.257 e. The molecule has 1 heterocycles. The van der Waals surface area contributed by atoms with E-state index in [9.17, 15) is 22.8 Å². The van der Waals surface area contributed by atoms with Crippen molar-refractivity contribution in [1.29, 1.82) is 0 Å². The van der Waals surface area contributed by atoms with Crippen LogP contribution in [0.15, 0.2) is 30.3 Å². The number of amides is 2. The molecule has 0 fully saturated rings. The van der Waals surface area contributed by atoms with E-state index in [4.69, 9.17) is 16.3 Å². The number of nitrogens with one attached hydrogen (secondary N) is 3. The fourth-order valence-corrected chi connectivity index (χ4v) is 2.93. The topological polar surface area (TPSA) is 96.1 Å². The number of hydrogen-bond acceptors (Lipinski definition) is 4. The Morgan fingerprint density at radius 2 is 1.78 bits per heavy atom. The number of carbonyl (C=O) groups excluding carboxylic acids is 2. The Kier molecular flexibility index (Phi) is 7.93. The van der Waals surface area contributed by atoms with Crippen LogP contribution in [-0.2, 0) is 16.1 Å². The molecule has 0 saturated heterocycles. The first-order chi connectivity index (χ1) is 15.3. The summed E-state index contributed by atoms with van der Waals surface area (Å²) in [5, 5.41) is 5.28. The third-order valence-electron chi connectivity index (χ3n) is 4.44. The van der Waals surface area contributed by atoms with Gasteiger partial charge in [0.25, 0.3) is 5.91 Å². The van der Waals surface area contributed by atoms with Gasteiger partial charge < -0.3 is 20.4 Å². The molecule has 2 amide bonds. The molecule has 0 aliphatic rings. The lowest BCUT2D eigenvalue weighted by Gasteiger charge is -2.08. The summed E-state index contributed by atoms with van der Waals surface area (Å²) in [6, 6.07) is 5.88. The summed E-state index contributed by atoms with van der Waals surface area (Å²) in [6.45, 7) is 0.175. The first-order valence-corrected chi connectivity index (χ1v) is 10.1. The average Bonchev–Trinajstić information content (AvgIpc) is 3.14. The normalized spacial score (nSPS) is 10.9. The van der Waals surface area contributed by atoms with Crippen molar-refractivity contribution < 1.29 is 27.5 Å². The zero-order valence-electron chi connectivity index (χ0n) is 16.8.